The van der Waals surface area contributed by atoms with E-state index in [-0.39, 0.29) is 31.0 Å². The smallest absolute Gasteiger partial charge is 0.352 e. The zero-order chi connectivity index (χ0) is 13.1. The predicted octanol–water partition coefficient (Wildman–Crippen LogP) is 1.41. The van der Waals surface area contributed by atoms with Gasteiger partial charge in [-0.1, -0.05) is 0 Å². The van der Waals surface area contributed by atoms with Gasteiger partial charge in [-0.05, 0) is 27.6 Å². The van der Waals surface area contributed by atoms with E-state index in [0.717, 1.165) is 10.0 Å². The third-order valence-corrected chi connectivity index (χ3v) is 2.88. The summed E-state index contributed by atoms with van der Waals surface area (Å²) >= 11 is 3.28. The van der Waals surface area contributed by atoms with Crippen LogP contribution < -0.4 is 0 Å². The van der Waals surface area contributed by atoms with Gasteiger partial charge < -0.3 is 5.11 Å². The van der Waals surface area contributed by atoms with E-state index >= 15 is 0 Å². The third kappa shape index (κ3) is 2.92. The van der Waals surface area contributed by atoms with Crippen molar-refractivity contribution in [1.29, 1.82) is 0 Å². The normalized spacial score (nSPS) is 15.5. The standard InChI is InChI=1S/C11H10BrN3O3/c12-8-3-7(4-13-5-8)6-15-10(16)2-1-9(14-15)11(17)18/h3-5H,1-2,6H2,(H,17,18). The molecule has 0 saturated carbocycles. The third-order valence-electron chi connectivity index (χ3n) is 2.45. The Labute approximate surface area is 111 Å². The number of nitrogens with zero attached hydrogens (tertiary/aromatic N) is 3. The lowest BCUT2D eigenvalue weighted by molar-refractivity contribution is -0.133. The predicted molar refractivity (Wildman–Crippen MR) is 66.8 cm³/mol. The van der Waals surface area contributed by atoms with E-state index in [2.05, 4.69) is 26.0 Å². The van der Waals surface area contributed by atoms with Gasteiger partial charge in [-0.2, -0.15) is 5.10 Å². The van der Waals surface area contributed by atoms with Crippen LogP contribution in [0.3, 0.4) is 0 Å². The van der Waals surface area contributed by atoms with Crippen molar-refractivity contribution in [1.82, 2.24) is 9.99 Å². The van der Waals surface area contributed by atoms with Crippen LogP contribution in [0.2, 0.25) is 0 Å². The van der Waals surface area contributed by atoms with Crippen molar-refractivity contribution in [3.63, 3.8) is 0 Å². The highest BCUT2D eigenvalue weighted by molar-refractivity contribution is 9.10. The Morgan fingerprint density at radius 3 is 2.89 bits per heavy atom. The van der Waals surface area contributed by atoms with Crippen LogP contribution in [0.1, 0.15) is 18.4 Å². The number of hydrogen-bond acceptors (Lipinski definition) is 4. The zero-order valence-corrected chi connectivity index (χ0v) is 10.9. The molecule has 0 spiro atoms. The molecule has 0 saturated heterocycles. The molecule has 1 aromatic heterocycles. The lowest BCUT2D eigenvalue weighted by Crippen LogP contribution is -2.33. The monoisotopic (exact) mass is 311 g/mol. The first kappa shape index (κ1) is 12.7. The minimum absolute atomic E-state index is 0.0116. The van der Waals surface area contributed by atoms with Gasteiger partial charge in [0.1, 0.15) is 5.71 Å². The Hall–Kier alpha value is -1.76. The fourth-order valence-electron chi connectivity index (χ4n) is 1.59. The van der Waals surface area contributed by atoms with Crippen LogP contribution in [0.5, 0.6) is 0 Å². The van der Waals surface area contributed by atoms with Crippen molar-refractivity contribution in [3.8, 4) is 0 Å². The maximum atomic E-state index is 11.6. The van der Waals surface area contributed by atoms with Gasteiger partial charge in [0.05, 0.1) is 6.54 Å². The lowest BCUT2D eigenvalue weighted by Gasteiger charge is -2.22. The fourth-order valence-corrected chi connectivity index (χ4v) is 2.01. The summed E-state index contributed by atoms with van der Waals surface area (Å²) in [6.07, 6.45) is 3.60. The maximum absolute atomic E-state index is 11.6. The Morgan fingerprint density at radius 1 is 1.44 bits per heavy atom. The molecule has 2 heterocycles. The summed E-state index contributed by atoms with van der Waals surface area (Å²) in [5.74, 6) is -1.26. The molecule has 0 radical (unpaired) electrons. The van der Waals surface area contributed by atoms with Gasteiger partial charge in [0.25, 0.3) is 0 Å². The largest absolute Gasteiger partial charge is 0.477 e. The van der Waals surface area contributed by atoms with Crippen molar-refractivity contribution in [2.45, 2.75) is 19.4 Å². The minimum Gasteiger partial charge on any atom is -0.477 e. The summed E-state index contributed by atoms with van der Waals surface area (Å²) in [6.45, 7) is 0.224. The number of hydrazone groups is 1. The quantitative estimate of drug-likeness (QED) is 0.914. The van der Waals surface area contributed by atoms with Crippen molar-refractivity contribution < 1.29 is 14.7 Å². The first-order chi connectivity index (χ1) is 8.56. The number of carboxylic acid groups (broad SMARTS) is 1. The Kier molecular flexibility index (Phi) is 3.71. The zero-order valence-electron chi connectivity index (χ0n) is 9.34. The molecular formula is C11H10BrN3O3. The second kappa shape index (κ2) is 5.26. The molecule has 1 aromatic rings. The van der Waals surface area contributed by atoms with Crippen LogP contribution in [0.25, 0.3) is 0 Å². The summed E-state index contributed by atoms with van der Waals surface area (Å²) < 4.78 is 0.798. The number of carboxylic acids is 1. The van der Waals surface area contributed by atoms with E-state index in [4.69, 9.17) is 5.11 Å². The summed E-state index contributed by atoms with van der Waals surface area (Å²) in [5.41, 5.74) is 0.797. The van der Waals surface area contributed by atoms with E-state index in [0.29, 0.717) is 0 Å². The van der Waals surface area contributed by atoms with Crippen molar-refractivity contribution >= 4 is 33.5 Å². The first-order valence-corrected chi connectivity index (χ1v) is 6.06. The maximum Gasteiger partial charge on any atom is 0.352 e. The molecule has 1 aliphatic rings. The number of pyridine rings is 1. The van der Waals surface area contributed by atoms with Gasteiger partial charge in [-0.15, -0.1) is 0 Å². The number of rotatable bonds is 3. The fraction of sp³-hybridized carbons (Fsp3) is 0.273. The number of halogens is 1. The average molecular weight is 312 g/mol. The molecule has 0 fully saturated rings. The van der Waals surface area contributed by atoms with E-state index < -0.39 is 5.97 Å². The highest BCUT2D eigenvalue weighted by Gasteiger charge is 2.24. The van der Waals surface area contributed by atoms with Crippen LogP contribution in [0.15, 0.2) is 28.0 Å². The lowest BCUT2D eigenvalue weighted by atomic mass is 10.1. The molecule has 7 heteroatoms. The number of aliphatic carboxylic acids is 1. The molecule has 94 valence electrons. The number of amides is 1. The molecular weight excluding hydrogens is 302 g/mol. The van der Waals surface area contributed by atoms with Gasteiger partial charge in [0.15, 0.2) is 0 Å². The molecule has 0 atom stereocenters. The molecule has 0 aliphatic carbocycles. The van der Waals surface area contributed by atoms with Crippen LogP contribution in [0, 0.1) is 0 Å². The molecule has 0 aromatic carbocycles. The molecule has 1 aliphatic heterocycles. The minimum atomic E-state index is -1.08. The summed E-state index contributed by atoms with van der Waals surface area (Å²) in [7, 11) is 0. The molecule has 18 heavy (non-hydrogen) atoms. The van der Waals surface area contributed by atoms with E-state index in [1.807, 2.05) is 6.07 Å². The first-order valence-electron chi connectivity index (χ1n) is 5.27. The van der Waals surface area contributed by atoms with Gasteiger partial charge >= 0.3 is 5.97 Å². The second-order valence-electron chi connectivity index (χ2n) is 3.81. The topological polar surface area (TPSA) is 82.9 Å². The molecule has 0 bridgehead atoms. The van der Waals surface area contributed by atoms with Crippen molar-refractivity contribution in [3.05, 3.63) is 28.5 Å². The summed E-state index contributed by atoms with van der Waals surface area (Å²) in [5, 5.41) is 13.9. The number of carbonyl (C=O) groups excluding carboxylic acids is 1. The van der Waals surface area contributed by atoms with Crippen molar-refractivity contribution in [2.75, 3.05) is 0 Å². The van der Waals surface area contributed by atoms with Gasteiger partial charge in [0, 0.05) is 29.7 Å². The Bertz CT molecular complexity index is 530. The van der Waals surface area contributed by atoms with Gasteiger partial charge in [-0.3, -0.25) is 9.78 Å². The second-order valence-corrected chi connectivity index (χ2v) is 4.73. The van der Waals surface area contributed by atoms with Crippen LogP contribution in [-0.2, 0) is 16.1 Å². The average Bonchev–Trinajstić information content (AvgIpc) is 2.31. The molecule has 1 N–H and O–H groups in total. The summed E-state index contributed by atoms with van der Waals surface area (Å²) in [6, 6.07) is 1.81. The SMILES string of the molecule is O=C(O)C1=NN(Cc2cncc(Br)c2)C(=O)CC1. The Balaban J connectivity index is 2.19. The number of aromatic nitrogens is 1. The highest BCUT2D eigenvalue weighted by Crippen LogP contribution is 2.15. The van der Waals surface area contributed by atoms with Crippen LogP contribution in [0.4, 0.5) is 0 Å². The summed E-state index contributed by atoms with van der Waals surface area (Å²) in [4.78, 5) is 26.4. The van der Waals surface area contributed by atoms with Crippen LogP contribution in [-0.4, -0.2) is 32.7 Å². The van der Waals surface area contributed by atoms with E-state index in [9.17, 15) is 9.59 Å². The van der Waals surface area contributed by atoms with Crippen molar-refractivity contribution in [2.24, 2.45) is 5.10 Å². The molecule has 6 nitrogen and oxygen atoms in total. The molecule has 0 unspecified atom stereocenters. The Morgan fingerprint density at radius 2 is 2.22 bits per heavy atom. The van der Waals surface area contributed by atoms with Gasteiger partial charge in [0.2, 0.25) is 5.91 Å². The van der Waals surface area contributed by atoms with Crippen LogP contribution >= 0.6 is 15.9 Å². The van der Waals surface area contributed by atoms with E-state index in [1.54, 1.807) is 12.4 Å². The molecule has 1 amide bonds. The highest BCUT2D eigenvalue weighted by atomic mass is 79.9. The number of carbonyl (C=O) groups is 2. The van der Waals surface area contributed by atoms with E-state index in [1.165, 1.54) is 5.01 Å². The number of hydrogen-bond donors (Lipinski definition) is 1. The van der Waals surface area contributed by atoms with Gasteiger partial charge in [-0.25, -0.2) is 9.80 Å². The molecule has 2 rings (SSSR count).